The van der Waals surface area contributed by atoms with Crippen LogP contribution in [-0.2, 0) is 4.79 Å². The fraction of sp³-hybridized carbons (Fsp3) is 0.154. The molecule has 1 unspecified atom stereocenters. The van der Waals surface area contributed by atoms with Crippen molar-refractivity contribution in [2.24, 2.45) is 0 Å². The summed E-state index contributed by atoms with van der Waals surface area (Å²) in [5.74, 6) is -0.138. The van der Waals surface area contributed by atoms with Gasteiger partial charge in [0.25, 0.3) is 0 Å². The highest BCUT2D eigenvalue weighted by Gasteiger charge is 2.27. The number of allylic oxidation sites excluding steroid dienone is 1. The summed E-state index contributed by atoms with van der Waals surface area (Å²) < 4.78 is 1.55. The second-order valence-corrected chi connectivity index (χ2v) is 4.44. The molecule has 0 saturated heterocycles. The van der Waals surface area contributed by atoms with E-state index in [4.69, 9.17) is 5.11 Å². The number of carboxylic acid groups (broad SMARTS) is 1. The van der Waals surface area contributed by atoms with E-state index < -0.39 is 12.0 Å². The number of carbonyl (C=O) groups is 1. The Balaban J connectivity index is 2.17. The van der Waals surface area contributed by atoms with Gasteiger partial charge in [0.2, 0.25) is 5.95 Å². The highest BCUT2D eigenvalue weighted by atomic mass is 16.4. The zero-order chi connectivity index (χ0) is 14.3. The van der Waals surface area contributed by atoms with Crippen molar-refractivity contribution in [2.45, 2.75) is 13.0 Å². The molecule has 0 saturated carbocycles. The molecule has 1 atom stereocenters. The number of benzene rings is 1. The third-order valence-electron chi connectivity index (χ3n) is 3.06. The Morgan fingerprint density at radius 1 is 1.40 bits per heavy atom. The molecular formula is C13H12N4O3. The molecule has 0 aliphatic carbocycles. The molecule has 0 radical (unpaired) electrons. The number of nitrogens with zero attached hydrogens (tertiary/aromatic N) is 3. The van der Waals surface area contributed by atoms with Crippen molar-refractivity contribution in [2.75, 3.05) is 5.32 Å². The summed E-state index contributed by atoms with van der Waals surface area (Å²) in [6.45, 7) is 1.72. The Morgan fingerprint density at radius 2 is 2.15 bits per heavy atom. The smallest absolute Gasteiger partial charge is 0.352 e. The molecule has 102 valence electrons. The molecule has 0 spiro atoms. The number of phenolic OH excluding ortho intramolecular Hbond substituents is 1. The maximum absolute atomic E-state index is 11.2. The second kappa shape index (κ2) is 4.37. The number of anilines is 1. The lowest BCUT2D eigenvalue weighted by Crippen LogP contribution is -2.24. The van der Waals surface area contributed by atoms with Gasteiger partial charge >= 0.3 is 5.97 Å². The number of hydrogen-bond acceptors (Lipinski definition) is 5. The second-order valence-electron chi connectivity index (χ2n) is 4.44. The van der Waals surface area contributed by atoms with Crippen LogP contribution in [0.4, 0.5) is 5.95 Å². The number of aliphatic carboxylic acids is 1. The number of hydrogen-bond donors (Lipinski definition) is 3. The highest BCUT2D eigenvalue weighted by molar-refractivity contribution is 5.90. The number of aryl methyl sites for hydroxylation is 1. The Kier molecular flexibility index (Phi) is 2.67. The first-order chi connectivity index (χ1) is 9.56. The summed E-state index contributed by atoms with van der Waals surface area (Å²) in [7, 11) is 0. The average molecular weight is 272 g/mol. The molecule has 0 fully saturated rings. The van der Waals surface area contributed by atoms with E-state index in [0.29, 0.717) is 17.3 Å². The molecule has 1 aromatic carbocycles. The van der Waals surface area contributed by atoms with Crippen molar-refractivity contribution >= 4 is 11.9 Å². The number of nitrogens with one attached hydrogen (secondary N) is 1. The van der Waals surface area contributed by atoms with Gasteiger partial charge in [-0.25, -0.2) is 9.48 Å². The van der Waals surface area contributed by atoms with Crippen LogP contribution in [0.1, 0.15) is 17.4 Å². The number of aromatic nitrogens is 3. The first kappa shape index (κ1) is 12.2. The van der Waals surface area contributed by atoms with E-state index in [9.17, 15) is 9.90 Å². The minimum Gasteiger partial charge on any atom is -0.508 e. The van der Waals surface area contributed by atoms with Gasteiger partial charge in [0, 0.05) is 5.56 Å². The summed E-state index contributed by atoms with van der Waals surface area (Å²) in [4.78, 5) is 15.3. The van der Waals surface area contributed by atoms with Crippen LogP contribution in [0.25, 0.3) is 0 Å². The van der Waals surface area contributed by atoms with Crippen molar-refractivity contribution in [1.29, 1.82) is 0 Å². The topological polar surface area (TPSA) is 100 Å². The average Bonchev–Trinajstić information content (AvgIpc) is 2.78. The van der Waals surface area contributed by atoms with Gasteiger partial charge in [-0.3, -0.25) is 0 Å². The summed E-state index contributed by atoms with van der Waals surface area (Å²) >= 11 is 0. The number of para-hydroxylation sites is 1. The lowest BCUT2D eigenvalue weighted by molar-refractivity contribution is -0.132. The van der Waals surface area contributed by atoms with Gasteiger partial charge in [0.05, 0.1) is 0 Å². The van der Waals surface area contributed by atoms with Crippen LogP contribution in [0, 0.1) is 6.92 Å². The Hall–Kier alpha value is -2.83. The zero-order valence-corrected chi connectivity index (χ0v) is 10.6. The lowest BCUT2D eigenvalue weighted by atomic mass is 10.0. The van der Waals surface area contributed by atoms with E-state index in [1.54, 1.807) is 35.9 Å². The van der Waals surface area contributed by atoms with Gasteiger partial charge in [-0.1, -0.05) is 18.2 Å². The first-order valence-corrected chi connectivity index (χ1v) is 5.99. The lowest BCUT2D eigenvalue weighted by Gasteiger charge is -2.22. The van der Waals surface area contributed by atoms with E-state index in [1.165, 1.54) is 6.08 Å². The highest BCUT2D eigenvalue weighted by Crippen LogP contribution is 2.33. The zero-order valence-electron chi connectivity index (χ0n) is 10.6. The fourth-order valence-corrected chi connectivity index (χ4v) is 2.18. The number of carboxylic acids is 1. The van der Waals surface area contributed by atoms with Crippen LogP contribution >= 0.6 is 0 Å². The van der Waals surface area contributed by atoms with Crippen LogP contribution in [-0.4, -0.2) is 30.9 Å². The molecule has 3 rings (SSSR count). The van der Waals surface area contributed by atoms with Crippen LogP contribution in [0.15, 0.2) is 36.0 Å². The predicted octanol–water partition coefficient (Wildman–Crippen LogP) is 1.28. The molecule has 3 N–H and O–H groups in total. The van der Waals surface area contributed by atoms with E-state index in [0.717, 1.165) is 0 Å². The van der Waals surface area contributed by atoms with Crippen molar-refractivity contribution in [3.8, 4) is 5.75 Å². The molecule has 2 aromatic rings. The normalized spacial score (nSPS) is 17.1. The number of fused-ring (bicyclic) bond motifs is 1. The van der Waals surface area contributed by atoms with Crippen LogP contribution in [0.5, 0.6) is 5.75 Å². The van der Waals surface area contributed by atoms with E-state index in [1.807, 2.05) is 0 Å². The van der Waals surface area contributed by atoms with Crippen LogP contribution < -0.4 is 5.32 Å². The van der Waals surface area contributed by atoms with Crippen molar-refractivity contribution in [3.05, 3.63) is 47.4 Å². The molecule has 7 nitrogen and oxygen atoms in total. The summed E-state index contributed by atoms with van der Waals surface area (Å²) in [6, 6.07) is 6.24. The van der Waals surface area contributed by atoms with E-state index in [-0.39, 0.29) is 11.4 Å². The minimum atomic E-state index is -1.09. The third kappa shape index (κ3) is 1.89. The summed E-state index contributed by atoms with van der Waals surface area (Å²) in [5.41, 5.74) is 0.581. The quantitative estimate of drug-likeness (QED) is 0.761. The monoisotopic (exact) mass is 272 g/mol. The van der Waals surface area contributed by atoms with Gasteiger partial charge in [0.15, 0.2) is 0 Å². The SMILES string of the molecule is Cc1nc2n(n1)C(c1ccccc1O)C=C(C(=O)O)N2. The molecule has 0 amide bonds. The molecule has 1 aromatic heterocycles. The maximum Gasteiger partial charge on any atom is 0.352 e. The Morgan fingerprint density at radius 3 is 2.85 bits per heavy atom. The number of phenols is 1. The number of rotatable bonds is 2. The largest absolute Gasteiger partial charge is 0.508 e. The van der Waals surface area contributed by atoms with Gasteiger partial charge in [0.1, 0.15) is 23.3 Å². The van der Waals surface area contributed by atoms with Crippen LogP contribution in [0.2, 0.25) is 0 Å². The summed E-state index contributed by atoms with van der Waals surface area (Å²) in [6.07, 6.45) is 1.50. The molecule has 1 aliphatic heterocycles. The van der Waals surface area contributed by atoms with Gasteiger partial charge in [-0.05, 0) is 19.1 Å². The minimum absolute atomic E-state index is 0.0122. The molecule has 20 heavy (non-hydrogen) atoms. The third-order valence-corrected chi connectivity index (χ3v) is 3.06. The molecule has 7 heteroatoms. The standard InChI is InChI=1S/C13H12N4O3/c1-7-14-13-15-9(12(19)20)6-10(17(13)16-7)8-4-2-3-5-11(8)18/h2-6,10,18H,1H3,(H,19,20)(H,14,15,16). The van der Waals surface area contributed by atoms with Crippen molar-refractivity contribution < 1.29 is 15.0 Å². The van der Waals surface area contributed by atoms with E-state index >= 15 is 0 Å². The predicted molar refractivity (Wildman–Crippen MR) is 70.3 cm³/mol. The Bertz CT molecular complexity index is 720. The fourth-order valence-electron chi connectivity index (χ4n) is 2.18. The summed E-state index contributed by atoms with van der Waals surface area (Å²) in [5, 5.41) is 26.1. The first-order valence-electron chi connectivity index (χ1n) is 5.99. The maximum atomic E-state index is 11.2. The van der Waals surface area contributed by atoms with Gasteiger partial charge < -0.3 is 15.5 Å². The van der Waals surface area contributed by atoms with Gasteiger partial charge in [-0.2, -0.15) is 10.1 Å². The van der Waals surface area contributed by atoms with E-state index in [2.05, 4.69) is 15.4 Å². The van der Waals surface area contributed by atoms with Crippen molar-refractivity contribution in [1.82, 2.24) is 14.8 Å². The Labute approximate surface area is 114 Å². The molecule has 0 bridgehead atoms. The van der Waals surface area contributed by atoms with Crippen molar-refractivity contribution in [3.63, 3.8) is 0 Å². The molecule has 2 heterocycles. The molecule has 1 aliphatic rings. The molecular weight excluding hydrogens is 260 g/mol. The van der Waals surface area contributed by atoms with Gasteiger partial charge in [-0.15, -0.1) is 0 Å². The number of aromatic hydroxyl groups is 1. The van der Waals surface area contributed by atoms with Crippen LogP contribution in [0.3, 0.4) is 0 Å².